The van der Waals surface area contributed by atoms with E-state index in [2.05, 4.69) is 10.3 Å². The van der Waals surface area contributed by atoms with Gasteiger partial charge in [0.05, 0.1) is 10.7 Å². The monoisotopic (exact) mass is 280 g/mol. The molecule has 2 N–H and O–H groups in total. The number of pyridine rings is 1. The van der Waals surface area contributed by atoms with Gasteiger partial charge in [0, 0.05) is 6.20 Å². The molecule has 1 aromatic heterocycles. The molecule has 4 nitrogen and oxygen atoms in total. The first kappa shape index (κ1) is 13.3. The summed E-state index contributed by atoms with van der Waals surface area (Å²) in [5.41, 5.74) is 0.856. The second kappa shape index (κ2) is 5.24. The van der Waals surface area contributed by atoms with E-state index in [-0.39, 0.29) is 5.82 Å². The number of aromatic carboxylic acids is 1. The highest BCUT2D eigenvalue weighted by molar-refractivity contribution is 6.33. The number of anilines is 2. The van der Waals surface area contributed by atoms with Crippen molar-refractivity contribution >= 4 is 29.1 Å². The third-order valence-corrected chi connectivity index (χ3v) is 2.90. The second-order valence-corrected chi connectivity index (χ2v) is 4.29. The minimum absolute atomic E-state index is 0.170. The highest BCUT2D eigenvalue weighted by atomic mass is 35.5. The van der Waals surface area contributed by atoms with Gasteiger partial charge in [-0.05, 0) is 24.6 Å². The van der Waals surface area contributed by atoms with Gasteiger partial charge < -0.3 is 10.4 Å². The third-order valence-electron chi connectivity index (χ3n) is 2.58. The van der Waals surface area contributed by atoms with E-state index in [0.29, 0.717) is 10.7 Å². The minimum atomic E-state index is -1.35. The van der Waals surface area contributed by atoms with Crippen LogP contribution in [-0.2, 0) is 0 Å². The Morgan fingerprint density at radius 2 is 2.16 bits per heavy atom. The second-order valence-electron chi connectivity index (χ2n) is 3.88. The smallest absolute Gasteiger partial charge is 0.338 e. The molecule has 0 bridgehead atoms. The molecule has 0 unspecified atom stereocenters. The van der Waals surface area contributed by atoms with Crippen molar-refractivity contribution in [2.45, 2.75) is 6.92 Å². The standard InChI is InChI=1S/C13H10ClFN2O2/c1-7-3-2-4-9(14)11(7)17-12-10(15)8(13(18)19)5-6-16-12/h2-6H,1H3,(H,16,17)(H,18,19). The molecule has 0 aliphatic rings. The van der Waals surface area contributed by atoms with Crippen molar-refractivity contribution in [1.29, 1.82) is 0 Å². The lowest BCUT2D eigenvalue weighted by Gasteiger charge is -2.11. The summed E-state index contributed by atoms with van der Waals surface area (Å²) in [4.78, 5) is 14.6. The fourth-order valence-electron chi connectivity index (χ4n) is 1.60. The largest absolute Gasteiger partial charge is 0.478 e. The van der Waals surface area contributed by atoms with Crippen LogP contribution in [0.2, 0.25) is 5.02 Å². The van der Waals surface area contributed by atoms with Crippen molar-refractivity contribution in [3.8, 4) is 0 Å². The Bertz CT molecular complexity index is 626. The van der Waals surface area contributed by atoms with E-state index in [0.717, 1.165) is 11.6 Å². The van der Waals surface area contributed by atoms with Gasteiger partial charge in [-0.3, -0.25) is 0 Å². The SMILES string of the molecule is Cc1cccc(Cl)c1Nc1nccc(C(=O)O)c1F. The van der Waals surface area contributed by atoms with Crippen molar-refractivity contribution in [3.05, 3.63) is 52.4 Å². The Kier molecular flexibility index (Phi) is 3.66. The van der Waals surface area contributed by atoms with Crippen molar-refractivity contribution in [3.63, 3.8) is 0 Å². The molecule has 0 spiro atoms. The quantitative estimate of drug-likeness (QED) is 0.901. The van der Waals surface area contributed by atoms with E-state index in [4.69, 9.17) is 16.7 Å². The zero-order valence-electron chi connectivity index (χ0n) is 9.95. The van der Waals surface area contributed by atoms with Gasteiger partial charge in [0.15, 0.2) is 11.6 Å². The molecule has 0 amide bonds. The zero-order chi connectivity index (χ0) is 14.0. The van der Waals surface area contributed by atoms with Crippen LogP contribution >= 0.6 is 11.6 Å². The lowest BCUT2D eigenvalue weighted by Crippen LogP contribution is -2.06. The molecule has 0 fully saturated rings. The fraction of sp³-hybridized carbons (Fsp3) is 0.0769. The number of aromatic nitrogens is 1. The highest BCUT2D eigenvalue weighted by Gasteiger charge is 2.16. The normalized spacial score (nSPS) is 10.3. The molecule has 2 aromatic rings. The summed E-state index contributed by atoms with van der Waals surface area (Å²) in [6, 6.07) is 6.31. The fourth-order valence-corrected chi connectivity index (χ4v) is 1.87. The van der Waals surface area contributed by atoms with E-state index in [9.17, 15) is 9.18 Å². The summed E-state index contributed by atoms with van der Waals surface area (Å²) in [6.45, 7) is 1.80. The number of benzene rings is 1. The van der Waals surface area contributed by atoms with E-state index in [1.165, 1.54) is 6.20 Å². The van der Waals surface area contributed by atoms with E-state index in [1.807, 2.05) is 0 Å². The predicted octanol–water partition coefficient (Wildman–Crippen LogP) is 3.62. The predicted molar refractivity (Wildman–Crippen MR) is 70.6 cm³/mol. The Morgan fingerprint density at radius 3 is 2.79 bits per heavy atom. The number of para-hydroxylation sites is 1. The lowest BCUT2D eigenvalue weighted by atomic mass is 10.2. The molecular formula is C13H10ClFN2O2. The third kappa shape index (κ3) is 2.66. The van der Waals surface area contributed by atoms with Crippen LogP contribution < -0.4 is 5.32 Å². The molecule has 0 aliphatic heterocycles. The maximum Gasteiger partial charge on any atom is 0.338 e. The van der Waals surface area contributed by atoms with Gasteiger partial charge in [-0.1, -0.05) is 23.7 Å². The van der Waals surface area contributed by atoms with Gasteiger partial charge in [0.2, 0.25) is 0 Å². The van der Waals surface area contributed by atoms with Crippen LogP contribution in [0.4, 0.5) is 15.9 Å². The topological polar surface area (TPSA) is 62.2 Å². The van der Waals surface area contributed by atoms with Gasteiger partial charge in [-0.15, -0.1) is 0 Å². The van der Waals surface area contributed by atoms with Gasteiger partial charge in [-0.25, -0.2) is 14.2 Å². The number of carbonyl (C=O) groups is 1. The molecule has 0 saturated heterocycles. The molecule has 2 rings (SSSR count). The first-order valence-corrected chi connectivity index (χ1v) is 5.78. The number of aryl methyl sites for hydroxylation is 1. The summed E-state index contributed by atoms with van der Waals surface area (Å²) in [5, 5.41) is 12.0. The van der Waals surface area contributed by atoms with Gasteiger partial charge in [0.25, 0.3) is 0 Å². The van der Waals surface area contributed by atoms with Crippen LogP contribution in [0.3, 0.4) is 0 Å². The number of hydrogen-bond acceptors (Lipinski definition) is 3. The van der Waals surface area contributed by atoms with Crippen LogP contribution in [-0.4, -0.2) is 16.1 Å². The average molecular weight is 281 g/mol. The van der Waals surface area contributed by atoms with Crippen LogP contribution in [0, 0.1) is 12.7 Å². The number of carboxylic acid groups (broad SMARTS) is 1. The Morgan fingerprint density at radius 1 is 1.42 bits per heavy atom. The Labute approximate surface area is 113 Å². The Balaban J connectivity index is 2.45. The van der Waals surface area contributed by atoms with Crippen molar-refractivity contribution in [2.24, 2.45) is 0 Å². The summed E-state index contributed by atoms with van der Waals surface area (Å²) in [5.74, 6) is -2.44. The van der Waals surface area contributed by atoms with Crippen LogP contribution in [0.5, 0.6) is 0 Å². The van der Waals surface area contributed by atoms with Crippen LogP contribution in [0.1, 0.15) is 15.9 Å². The van der Waals surface area contributed by atoms with Crippen molar-refractivity contribution in [1.82, 2.24) is 4.98 Å². The molecule has 0 radical (unpaired) electrons. The molecule has 19 heavy (non-hydrogen) atoms. The summed E-state index contributed by atoms with van der Waals surface area (Å²) < 4.78 is 13.9. The minimum Gasteiger partial charge on any atom is -0.478 e. The molecule has 98 valence electrons. The maximum absolute atomic E-state index is 13.9. The number of rotatable bonds is 3. The molecular weight excluding hydrogens is 271 g/mol. The molecule has 0 atom stereocenters. The first-order valence-electron chi connectivity index (χ1n) is 5.40. The zero-order valence-corrected chi connectivity index (χ0v) is 10.7. The first-order chi connectivity index (χ1) is 9.00. The molecule has 1 heterocycles. The molecule has 6 heteroatoms. The average Bonchev–Trinajstić information content (AvgIpc) is 2.35. The van der Waals surface area contributed by atoms with E-state index >= 15 is 0 Å². The van der Waals surface area contributed by atoms with E-state index < -0.39 is 17.3 Å². The van der Waals surface area contributed by atoms with Crippen molar-refractivity contribution in [2.75, 3.05) is 5.32 Å². The number of hydrogen-bond donors (Lipinski definition) is 2. The highest BCUT2D eigenvalue weighted by Crippen LogP contribution is 2.29. The maximum atomic E-state index is 13.9. The molecule has 0 aliphatic carbocycles. The van der Waals surface area contributed by atoms with Crippen molar-refractivity contribution < 1.29 is 14.3 Å². The van der Waals surface area contributed by atoms with Crippen LogP contribution in [0.15, 0.2) is 30.5 Å². The number of nitrogens with one attached hydrogen (secondary N) is 1. The summed E-state index contributed by atoms with van der Waals surface area (Å²) >= 11 is 6.01. The van der Waals surface area contributed by atoms with E-state index in [1.54, 1.807) is 25.1 Å². The van der Waals surface area contributed by atoms with Gasteiger partial charge >= 0.3 is 5.97 Å². The Hall–Kier alpha value is -2.14. The van der Waals surface area contributed by atoms with Crippen LogP contribution in [0.25, 0.3) is 0 Å². The number of nitrogens with zero attached hydrogens (tertiary/aromatic N) is 1. The summed E-state index contributed by atoms with van der Waals surface area (Å²) in [7, 11) is 0. The van der Waals surface area contributed by atoms with Gasteiger partial charge in [-0.2, -0.15) is 0 Å². The number of halogens is 2. The molecule has 0 saturated carbocycles. The molecule has 1 aromatic carbocycles. The number of carboxylic acids is 1. The van der Waals surface area contributed by atoms with Gasteiger partial charge in [0.1, 0.15) is 5.56 Å². The lowest BCUT2D eigenvalue weighted by molar-refractivity contribution is 0.0692. The summed E-state index contributed by atoms with van der Waals surface area (Å²) in [6.07, 6.45) is 1.22.